The van der Waals surface area contributed by atoms with Crippen molar-refractivity contribution in [2.45, 2.75) is 0 Å². The van der Waals surface area contributed by atoms with Crippen LogP contribution in [0.3, 0.4) is 0 Å². The minimum Gasteiger partial charge on any atom is -0.423 e. The standard InChI is InChI=1S/C7H9BFNO2/c1-10-7-3-5(8(11)12)2-6(9)4-7/h2-4,10-12H,1H3. The molecular weight excluding hydrogens is 160 g/mol. The van der Waals surface area contributed by atoms with Gasteiger partial charge < -0.3 is 15.4 Å². The molecule has 0 heterocycles. The molecule has 1 aromatic carbocycles. The molecule has 12 heavy (non-hydrogen) atoms. The highest BCUT2D eigenvalue weighted by atomic mass is 19.1. The Kier molecular flexibility index (Phi) is 2.67. The van der Waals surface area contributed by atoms with Crippen LogP contribution in [0.5, 0.6) is 0 Å². The Morgan fingerprint density at radius 1 is 1.33 bits per heavy atom. The molecule has 0 fully saturated rings. The summed E-state index contributed by atoms with van der Waals surface area (Å²) in [5.74, 6) is -0.495. The fraction of sp³-hybridized carbons (Fsp3) is 0.143. The zero-order chi connectivity index (χ0) is 9.14. The molecule has 0 spiro atoms. The van der Waals surface area contributed by atoms with E-state index >= 15 is 0 Å². The normalized spacial score (nSPS) is 9.67. The summed E-state index contributed by atoms with van der Waals surface area (Å²) in [5.41, 5.74) is 0.650. The summed E-state index contributed by atoms with van der Waals surface area (Å²) in [6.45, 7) is 0. The van der Waals surface area contributed by atoms with Crippen LogP contribution >= 0.6 is 0 Å². The van der Waals surface area contributed by atoms with E-state index in [0.717, 1.165) is 6.07 Å². The zero-order valence-corrected chi connectivity index (χ0v) is 6.58. The molecule has 3 N–H and O–H groups in total. The zero-order valence-electron chi connectivity index (χ0n) is 6.58. The summed E-state index contributed by atoms with van der Waals surface area (Å²) < 4.78 is 12.7. The summed E-state index contributed by atoms with van der Waals surface area (Å²) >= 11 is 0. The van der Waals surface area contributed by atoms with E-state index in [1.807, 2.05) is 0 Å². The molecule has 0 aliphatic heterocycles. The number of rotatable bonds is 2. The first kappa shape index (κ1) is 9.03. The van der Waals surface area contributed by atoms with Crippen molar-refractivity contribution in [1.29, 1.82) is 0 Å². The van der Waals surface area contributed by atoms with Crippen LogP contribution in [0.4, 0.5) is 10.1 Å². The Morgan fingerprint density at radius 2 is 2.00 bits per heavy atom. The first-order valence-corrected chi connectivity index (χ1v) is 3.48. The van der Waals surface area contributed by atoms with Crippen molar-refractivity contribution >= 4 is 18.3 Å². The largest absolute Gasteiger partial charge is 0.488 e. The van der Waals surface area contributed by atoms with Gasteiger partial charge in [0.05, 0.1) is 0 Å². The maximum atomic E-state index is 12.7. The van der Waals surface area contributed by atoms with Crippen molar-refractivity contribution < 1.29 is 14.4 Å². The van der Waals surface area contributed by atoms with E-state index < -0.39 is 12.9 Å². The number of halogens is 1. The van der Waals surface area contributed by atoms with Gasteiger partial charge in [0.1, 0.15) is 5.82 Å². The molecule has 0 saturated heterocycles. The molecule has 0 saturated carbocycles. The number of hydrogen-bond acceptors (Lipinski definition) is 3. The van der Waals surface area contributed by atoms with Gasteiger partial charge in [-0.25, -0.2) is 4.39 Å². The average Bonchev–Trinajstić information content (AvgIpc) is 2.03. The maximum Gasteiger partial charge on any atom is 0.488 e. The highest BCUT2D eigenvalue weighted by Crippen LogP contribution is 2.06. The molecule has 0 radical (unpaired) electrons. The highest BCUT2D eigenvalue weighted by Gasteiger charge is 2.12. The van der Waals surface area contributed by atoms with E-state index in [1.54, 1.807) is 7.05 Å². The summed E-state index contributed by atoms with van der Waals surface area (Å²) in [5, 5.41) is 20.2. The fourth-order valence-corrected chi connectivity index (χ4v) is 0.906. The Labute approximate surface area is 70.0 Å². The van der Waals surface area contributed by atoms with Crippen molar-refractivity contribution in [1.82, 2.24) is 0 Å². The van der Waals surface area contributed by atoms with Crippen LogP contribution in [0, 0.1) is 5.82 Å². The lowest BCUT2D eigenvalue weighted by atomic mass is 9.80. The Hall–Kier alpha value is -1.07. The Morgan fingerprint density at radius 3 is 2.50 bits per heavy atom. The molecule has 0 aromatic heterocycles. The van der Waals surface area contributed by atoms with Gasteiger partial charge in [0, 0.05) is 12.7 Å². The average molecular weight is 169 g/mol. The molecule has 0 aliphatic rings. The quantitative estimate of drug-likeness (QED) is 0.525. The lowest BCUT2D eigenvalue weighted by Gasteiger charge is -2.03. The Bertz CT molecular complexity index is 280. The van der Waals surface area contributed by atoms with Gasteiger partial charge >= 0.3 is 7.12 Å². The van der Waals surface area contributed by atoms with Crippen molar-refractivity contribution in [2.75, 3.05) is 12.4 Å². The van der Waals surface area contributed by atoms with Crippen molar-refractivity contribution in [2.24, 2.45) is 0 Å². The monoisotopic (exact) mass is 169 g/mol. The Balaban J connectivity index is 3.06. The topological polar surface area (TPSA) is 52.5 Å². The van der Waals surface area contributed by atoms with Crippen LogP contribution in [0.15, 0.2) is 18.2 Å². The lowest BCUT2D eigenvalue weighted by molar-refractivity contribution is 0.425. The van der Waals surface area contributed by atoms with E-state index in [0.29, 0.717) is 5.69 Å². The van der Waals surface area contributed by atoms with Crippen LogP contribution in [-0.2, 0) is 0 Å². The third-order valence-electron chi connectivity index (χ3n) is 1.51. The molecule has 64 valence electrons. The predicted octanol–water partition coefficient (Wildman–Crippen LogP) is -0.453. The summed E-state index contributed by atoms with van der Waals surface area (Å²) in [6.07, 6.45) is 0. The first-order valence-electron chi connectivity index (χ1n) is 3.48. The van der Waals surface area contributed by atoms with Gasteiger partial charge in [-0.3, -0.25) is 0 Å². The summed E-state index contributed by atoms with van der Waals surface area (Å²) in [4.78, 5) is 0. The number of hydrogen-bond donors (Lipinski definition) is 3. The summed E-state index contributed by atoms with van der Waals surface area (Å²) in [7, 11) is -0.00438. The van der Waals surface area contributed by atoms with Crippen molar-refractivity contribution in [3.8, 4) is 0 Å². The molecule has 1 aromatic rings. The van der Waals surface area contributed by atoms with Gasteiger partial charge in [-0.1, -0.05) is 0 Å². The second-order valence-corrected chi connectivity index (χ2v) is 2.40. The van der Waals surface area contributed by atoms with Crippen LogP contribution in [-0.4, -0.2) is 24.2 Å². The molecule has 3 nitrogen and oxygen atoms in total. The van der Waals surface area contributed by atoms with Crippen LogP contribution < -0.4 is 10.8 Å². The van der Waals surface area contributed by atoms with Gasteiger partial charge in [-0.15, -0.1) is 0 Å². The molecule has 0 bridgehead atoms. The number of benzene rings is 1. The van der Waals surface area contributed by atoms with Crippen molar-refractivity contribution in [3.05, 3.63) is 24.0 Å². The molecule has 0 amide bonds. The number of anilines is 1. The van der Waals surface area contributed by atoms with E-state index in [4.69, 9.17) is 10.0 Å². The van der Waals surface area contributed by atoms with E-state index in [1.165, 1.54) is 12.1 Å². The summed E-state index contributed by atoms with van der Waals surface area (Å²) in [6, 6.07) is 3.81. The van der Waals surface area contributed by atoms with Gasteiger partial charge in [-0.2, -0.15) is 0 Å². The molecule has 0 unspecified atom stereocenters. The van der Waals surface area contributed by atoms with Crippen LogP contribution in [0.25, 0.3) is 0 Å². The van der Waals surface area contributed by atoms with E-state index in [-0.39, 0.29) is 5.46 Å². The second-order valence-electron chi connectivity index (χ2n) is 2.40. The molecule has 0 aliphatic carbocycles. The van der Waals surface area contributed by atoms with Crippen LogP contribution in [0.2, 0.25) is 0 Å². The van der Waals surface area contributed by atoms with Gasteiger partial charge in [-0.05, 0) is 23.7 Å². The first-order chi connectivity index (χ1) is 5.63. The smallest absolute Gasteiger partial charge is 0.423 e. The molecular formula is C7H9BFNO2. The SMILES string of the molecule is CNc1cc(F)cc(B(O)O)c1. The predicted molar refractivity (Wildman–Crippen MR) is 45.8 cm³/mol. The van der Waals surface area contributed by atoms with E-state index in [2.05, 4.69) is 5.32 Å². The molecule has 5 heteroatoms. The maximum absolute atomic E-state index is 12.7. The fourth-order valence-electron chi connectivity index (χ4n) is 0.906. The molecule has 0 atom stereocenters. The molecule has 1 rings (SSSR count). The minimum atomic E-state index is -1.63. The third-order valence-corrected chi connectivity index (χ3v) is 1.51. The van der Waals surface area contributed by atoms with Crippen LogP contribution in [0.1, 0.15) is 0 Å². The third kappa shape index (κ3) is 1.96. The van der Waals surface area contributed by atoms with Gasteiger partial charge in [0.2, 0.25) is 0 Å². The van der Waals surface area contributed by atoms with Gasteiger partial charge in [0.25, 0.3) is 0 Å². The highest BCUT2D eigenvalue weighted by molar-refractivity contribution is 6.58. The van der Waals surface area contributed by atoms with Gasteiger partial charge in [0.15, 0.2) is 0 Å². The number of nitrogens with one attached hydrogen (secondary N) is 1. The van der Waals surface area contributed by atoms with E-state index in [9.17, 15) is 4.39 Å². The second kappa shape index (κ2) is 3.56. The van der Waals surface area contributed by atoms with Crippen molar-refractivity contribution in [3.63, 3.8) is 0 Å². The minimum absolute atomic E-state index is 0.138. The lowest BCUT2D eigenvalue weighted by Crippen LogP contribution is -2.30.